The molecule has 6 heteroatoms. The van der Waals surface area contributed by atoms with E-state index in [0.29, 0.717) is 22.4 Å². The third-order valence-electron chi connectivity index (χ3n) is 2.92. The number of esters is 2. The van der Waals surface area contributed by atoms with Crippen molar-refractivity contribution < 1.29 is 23.8 Å². The molecule has 0 fully saturated rings. The van der Waals surface area contributed by atoms with Gasteiger partial charge >= 0.3 is 11.9 Å². The SMILES string of the molecule is COc1cc2cc3c(nc2cc1OC)C(=O)OC3=O. The zero-order valence-electron chi connectivity index (χ0n) is 10.2. The summed E-state index contributed by atoms with van der Waals surface area (Å²) in [6, 6.07) is 4.90. The van der Waals surface area contributed by atoms with E-state index in [1.54, 1.807) is 18.2 Å². The summed E-state index contributed by atoms with van der Waals surface area (Å²) in [7, 11) is 3.02. The summed E-state index contributed by atoms with van der Waals surface area (Å²) in [5.74, 6) is -0.379. The summed E-state index contributed by atoms with van der Waals surface area (Å²) in [5.41, 5.74) is 0.734. The van der Waals surface area contributed by atoms with E-state index in [1.165, 1.54) is 14.2 Å². The minimum Gasteiger partial charge on any atom is -0.493 e. The molecule has 0 N–H and O–H groups in total. The largest absolute Gasteiger partial charge is 0.493 e. The molecule has 0 amide bonds. The molecule has 0 unspecified atom stereocenters. The summed E-state index contributed by atoms with van der Waals surface area (Å²) in [6.45, 7) is 0. The van der Waals surface area contributed by atoms with Crippen LogP contribution in [0.15, 0.2) is 18.2 Å². The first-order valence-corrected chi connectivity index (χ1v) is 5.47. The molecule has 0 bridgehead atoms. The summed E-state index contributed by atoms with van der Waals surface area (Å²) < 4.78 is 14.9. The molecule has 19 heavy (non-hydrogen) atoms. The predicted octanol–water partition coefficient (Wildman–Crippen LogP) is 1.56. The third kappa shape index (κ3) is 1.61. The fraction of sp³-hybridized carbons (Fsp3) is 0.154. The van der Waals surface area contributed by atoms with E-state index in [-0.39, 0.29) is 11.3 Å². The van der Waals surface area contributed by atoms with Crippen molar-refractivity contribution in [1.82, 2.24) is 4.98 Å². The summed E-state index contributed by atoms with van der Waals surface area (Å²) in [5, 5.41) is 0.669. The summed E-state index contributed by atoms with van der Waals surface area (Å²) in [6.07, 6.45) is 0. The van der Waals surface area contributed by atoms with Crippen LogP contribution in [0.3, 0.4) is 0 Å². The number of benzene rings is 1. The monoisotopic (exact) mass is 259 g/mol. The number of aromatic nitrogens is 1. The number of hydrogen-bond acceptors (Lipinski definition) is 6. The maximum absolute atomic E-state index is 11.5. The molecule has 0 radical (unpaired) electrons. The first-order valence-electron chi connectivity index (χ1n) is 5.47. The molecule has 3 rings (SSSR count). The lowest BCUT2D eigenvalue weighted by molar-refractivity contribution is 0.0441. The quantitative estimate of drug-likeness (QED) is 0.602. The average molecular weight is 259 g/mol. The minimum absolute atomic E-state index is 0.0321. The fourth-order valence-corrected chi connectivity index (χ4v) is 2.00. The molecule has 0 atom stereocenters. The second kappa shape index (κ2) is 3.94. The molecule has 96 valence electrons. The number of fused-ring (bicyclic) bond motifs is 2. The normalized spacial score (nSPS) is 13.4. The second-order valence-electron chi connectivity index (χ2n) is 3.96. The highest BCUT2D eigenvalue weighted by molar-refractivity contribution is 6.15. The number of hydrogen-bond donors (Lipinski definition) is 0. The van der Waals surface area contributed by atoms with Crippen molar-refractivity contribution in [3.63, 3.8) is 0 Å². The van der Waals surface area contributed by atoms with Gasteiger partial charge in [-0.2, -0.15) is 0 Å². The van der Waals surface area contributed by atoms with Crippen molar-refractivity contribution in [2.45, 2.75) is 0 Å². The molecule has 1 aliphatic heterocycles. The van der Waals surface area contributed by atoms with Crippen molar-refractivity contribution in [3.8, 4) is 11.5 Å². The van der Waals surface area contributed by atoms with Gasteiger partial charge in [-0.15, -0.1) is 0 Å². The first-order chi connectivity index (χ1) is 9.13. The van der Waals surface area contributed by atoms with Crippen LogP contribution < -0.4 is 9.47 Å². The molecule has 0 spiro atoms. The number of carbonyl (C=O) groups excluding carboxylic acids is 2. The molecule has 0 aliphatic carbocycles. The van der Waals surface area contributed by atoms with Gasteiger partial charge in [0.25, 0.3) is 0 Å². The van der Waals surface area contributed by atoms with Crippen molar-refractivity contribution in [3.05, 3.63) is 29.5 Å². The van der Waals surface area contributed by atoms with Gasteiger partial charge in [0.2, 0.25) is 0 Å². The third-order valence-corrected chi connectivity index (χ3v) is 2.92. The molecule has 2 aromatic rings. The number of carbonyl (C=O) groups is 2. The van der Waals surface area contributed by atoms with Crippen LogP contribution in [0.1, 0.15) is 20.8 Å². The molecule has 6 nitrogen and oxygen atoms in total. The van der Waals surface area contributed by atoms with Crippen LogP contribution in [0, 0.1) is 0 Å². The molecule has 0 saturated heterocycles. The van der Waals surface area contributed by atoms with Gasteiger partial charge in [-0.05, 0) is 12.1 Å². The maximum Gasteiger partial charge on any atom is 0.365 e. The molecular formula is C13H9NO5. The Kier molecular flexibility index (Phi) is 2.38. The fourth-order valence-electron chi connectivity index (χ4n) is 2.00. The van der Waals surface area contributed by atoms with E-state index in [9.17, 15) is 9.59 Å². The smallest absolute Gasteiger partial charge is 0.365 e. The molecular weight excluding hydrogens is 250 g/mol. The Hall–Kier alpha value is -2.63. The van der Waals surface area contributed by atoms with Crippen LogP contribution in [0.25, 0.3) is 10.9 Å². The van der Waals surface area contributed by atoms with Gasteiger partial charge in [-0.25, -0.2) is 14.6 Å². The highest BCUT2D eigenvalue weighted by atomic mass is 16.6. The number of methoxy groups -OCH3 is 2. The zero-order chi connectivity index (χ0) is 13.6. The lowest BCUT2D eigenvalue weighted by atomic mass is 10.1. The van der Waals surface area contributed by atoms with E-state index >= 15 is 0 Å². The van der Waals surface area contributed by atoms with Crippen LogP contribution >= 0.6 is 0 Å². The lowest BCUT2D eigenvalue weighted by Crippen LogP contribution is -1.98. The van der Waals surface area contributed by atoms with E-state index in [0.717, 1.165) is 0 Å². The average Bonchev–Trinajstić information content (AvgIpc) is 2.69. The highest BCUT2D eigenvalue weighted by Crippen LogP contribution is 2.33. The maximum atomic E-state index is 11.5. The van der Waals surface area contributed by atoms with Gasteiger partial charge in [0.15, 0.2) is 17.2 Å². The summed E-state index contributed by atoms with van der Waals surface area (Å²) in [4.78, 5) is 27.0. The molecule has 1 aromatic heterocycles. The van der Waals surface area contributed by atoms with E-state index in [1.807, 2.05) is 0 Å². The van der Waals surface area contributed by atoms with Crippen LogP contribution in [-0.2, 0) is 4.74 Å². The number of ether oxygens (including phenoxy) is 3. The standard InChI is InChI=1S/C13H9NO5/c1-17-9-4-6-3-7-11(13(16)19-12(7)15)14-8(6)5-10(9)18-2/h3-5H,1-2H3. The first kappa shape index (κ1) is 11.5. The number of rotatable bonds is 2. The minimum atomic E-state index is -0.725. The Balaban J connectivity index is 2.31. The Bertz CT molecular complexity index is 662. The van der Waals surface area contributed by atoms with Gasteiger partial charge < -0.3 is 14.2 Å². The van der Waals surface area contributed by atoms with Crippen LogP contribution in [-0.4, -0.2) is 31.1 Å². The second-order valence-corrected chi connectivity index (χ2v) is 3.96. The molecule has 1 aromatic carbocycles. The van der Waals surface area contributed by atoms with Gasteiger partial charge in [-0.3, -0.25) is 0 Å². The number of pyridine rings is 1. The van der Waals surface area contributed by atoms with Crippen molar-refractivity contribution in [2.24, 2.45) is 0 Å². The van der Waals surface area contributed by atoms with Crippen LogP contribution in [0.4, 0.5) is 0 Å². The molecule has 0 saturated carbocycles. The Morgan fingerprint density at radius 3 is 2.37 bits per heavy atom. The molecule has 2 heterocycles. The highest BCUT2D eigenvalue weighted by Gasteiger charge is 2.31. The van der Waals surface area contributed by atoms with Crippen molar-refractivity contribution in [2.75, 3.05) is 14.2 Å². The lowest BCUT2D eigenvalue weighted by Gasteiger charge is -2.08. The van der Waals surface area contributed by atoms with Gasteiger partial charge in [0.1, 0.15) is 0 Å². The van der Waals surface area contributed by atoms with Gasteiger partial charge in [0.05, 0.1) is 25.3 Å². The Morgan fingerprint density at radius 2 is 1.68 bits per heavy atom. The van der Waals surface area contributed by atoms with Crippen LogP contribution in [0.2, 0.25) is 0 Å². The predicted molar refractivity (Wildman–Crippen MR) is 64.6 cm³/mol. The van der Waals surface area contributed by atoms with Gasteiger partial charge in [-0.1, -0.05) is 0 Å². The molecule has 1 aliphatic rings. The zero-order valence-corrected chi connectivity index (χ0v) is 10.2. The number of nitrogens with zero attached hydrogens (tertiary/aromatic N) is 1. The van der Waals surface area contributed by atoms with E-state index in [4.69, 9.17) is 9.47 Å². The number of cyclic esters (lactones) is 2. The Labute approximate surface area is 107 Å². The Morgan fingerprint density at radius 1 is 1.00 bits per heavy atom. The van der Waals surface area contributed by atoms with E-state index < -0.39 is 11.9 Å². The van der Waals surface area contributed by atoms with Gasteiger partial charge in [0, 0.05) is 11.5 Å². The van der Waals surface area contributed by atoms with Crippen molar-refractivity contribution in [1.29, 1.82) is 0 Å². The van der Waals surface area contributed by atoms with Crippen LogP contribution in [0.5, 0.6) is 11.5 Å². The summed E-state index contributed by atoms with van der Waals surface area (Å²) >= 11 is 0. The topological polar surface area (TPSA) is 74.7 Å². The van der Waals surface area contributed by atoms with E-state index in [2.05, 4.69) is 9.72 Å². The van der Waals surface area contributed by atoms with Crippen molar-refractivity contribution >= 4 is 22.8 Å².